The molecule has 0 saturated carbocycles. The van der Waals surface area contributed by atoms with E-state index in [1.165, 1.54) is 11.6 Å². The molecule has 0 radical (unpaired) electrons. The van der Waals surface area contributed by atoms with Gasteiger partial charge < -0.3 is 33.2 Å². The van der Waals surface area contributed by atoms with Gasteiger partial charge in [-0.15, -0.1) is 0 Å². The third-order valence-corrected chi connectivity index (χ3v) is 7.48. The highest BCUT2D eigenvalue weighted by Gasteiger charge is 2.40. The first-order valence-electron chi connectivity index (χ1n) is 13.1. The molecule has 8 heteroatoms. The number of fused-ring (bicyclic) bond motifs is 7. The molecule has 3 aromatic carbocycles. The first kappa shape index (κ1) is 25.7. The van der Waals surface area contributed by atoms with E-state index in [0.717, 1.165) is 34.1 Å². The molecule has 1 aromatic heterocycles. The Morgan fingerprint density at radius 1 is 0.875 bits per heavy atom. The predicted molar refractivity (Wildman–Crippen MR) is 149 cm³/mol. The first-order chi connectivity index (χ1) is 19.4. The Kier molecular flexibility index (Phi) is 6.54. The molecule has 0 fully saturated rings. The number of ether oxygens (including phenoxy) is 5. The summed E-state index contributed by atoms with van der Waals surface area (Å²) in [6.45, 7) is 4.77. The lowest BCUT2D eigenvalue weighted by Crippen LogP contribution is -2.23. The van der Waals surface area contributed by atoms with Gasteiger partial charge in [-0.25, -0.2) is 0 Å². The summed E-state index contributed by atoms with van der Waals surface area (Å²) in [5, 5.41) is 10.5. The van der Waals surface area contributed by atoms with Crippen LogP contribution in [0.2, 0.25) is 0 Å². The van der Waals surface area contributed by atoms with Gasteiger partial charge in [0, 0.05) is 41.0 Å². The molecule has 0 saturated heterocycles. The van der Waals surface area contributed by atoms with Crippen molar-refractivity contribution in [2.45, 2.75) is 32.3 Å². The van der Waals surface area contributed by atoms with Crippen molar-refractivity contribution in [3.05, 3.63) is 92.9 Å². The SMILES string of the molecule is CC1=CCc2c(cc3oc(C)cc(=O)c3c2O)OC1.COc1ccc2c(c1)OC1c3ccc(OC)cc3OCC21. The molecule has 1 N–H and O–H groups in total. The van der Waals surface area contributed by atoms with Gasteiger partial charge in [-0.05, 0) is 44.0 Å². The summed E-state index contributed by atoms with van der Waals surface area (Å²) in [6, 6.07) is 14.9. The standard InChI is InChI=1S/C17H16O4.C15H14O4/c1-18-10-4-6-13-15(7-10)20-9-14-12-5-3-11(19-2)8-16(12)21-17(13)14;1-8-3-4-10-12(18-7-8)6-13-14(15(10)17)11(16)5-9(2)19-13/h3-8,14,17H,9H2,1-2H3;3,5-6,17H,4,7H2,1-2H3. The van der Waals surface area contributed by atoms with Gasteiger partial charge in [0.05, 0.1) is 26.7 Å². The van der Waals surface area contributed by atoms with Crippen molar-refractivity contribution < 1.29 is 33.2 Å². The summed E-state index contributed by atoms with van der Waals surface area (Å²) in [6.07, 6.45) is 2.55. The van der Waals surface area contributed by atoms with Crippen molar-refractivity contribution in [2.75, 3.05) is 27.4 Å². The third-order valence-electron chi connectivity index (χ3n) is 7.48. The summed E-state index contributed by atoms with van der Waals surface area (Å²) >= 11 is 0. The van der Waals surface area contributed by atoms with E-state index in [1.54, 1.807) is 27.2 Å². The Morgan fingerprint density at radius 2 is 1.60 bits per heavy atom. The lowest BCUT2D eigenvalue weighted by molar-refractivity contribution is 0.139. The van der Waals surface area contributed by atoms with Crippen LogP contribution in [0.15, 0.2) is 69.4 Å². The smallest absolute Gasteiger partial charge is 0.196 e. The van der Waals surface area contributed by atoms with Crippen LogP contribution in [0.4, 0.5) is 0 Å². The van der Waals surface area contributed by atoms with Gasteiger partial charge in [0.25, 0.3) is 0 Å². The maximum atomic E-state index is 12.0. The second-order valence-electron chi connectivity index (χ2n) is 10.1. The fourth-order valence-corrected chi connectivity index (χ4v) is 5.36. The minimum atomic E-state index is -0.232. The molecule has 2 unspecified atom stereocenters. The van der Waals surface area contributed by atoms with Gasteiger partial charge in [-0.3, -0.25) is 4.79 Å². The Labute approximate surface area is 231 Å². The maximum Gasteiger partial charge on any atom is 0.196 e. The van der Waals surface area contributed by atoms with Crippen LogP contribution in [-0.2, 0) is 6.42 Å². The highest BCUT2D eigenvalue weighted by atomic mass is 16.5. The molecule has 0 bridgehead atoms. The number of allylic oxidation sites excluding steroid dienone is 1. The van der Waals surface area contributed by atoms with E-state index in [1.807, 2.05) is 43.3 Å². The zero-order valence-corrected chi connectivity index (χ0v) is 22.8. The normalized spacial score (nSPS) is 18.1. The molecule has 206 valence electrons. The van der Waals surface area contributed by atoms with Gasteiger partial charge >= 0.3 is 0 Å². The van der Waals surface area contributed by atoms with Crippen molar-refractivity contribution in [1.82, 2.24) is 0 Å². The quantitative estimate of drug-likeness (QED) is 0.308. The zero-order valence-electron chi connectivity index (χ0n) is 22.8. The number of hydrogen-bond donors (Lipinski definition) is 1. The number of phenolic OH excluding ortho intramolecular Hbond substituents is 1. The Bertz CT molecular complexity index is 1700. The fraction of sp³-hybridized carbons (Fsp3) is 0.281. The van der Waals surface area contributed by atoms with E-state index >= 15 is 0 Å². The Balaban J connectivity index is 0.000000145. The monoisotopic (exact) mass is 542 g/mol. The Hall–Kier alpha value is -4.59. The average molecular weight is 543 g/mol. The zero-order chi connectivity index (χ0) is 28.0. The molecule has 3 aliphatic heterocycles. The van der Waals surface area contributed by atoms with Crippen molar-refractivity contribution in [3.63, 3.8) is 0 Å². The third kappa shape index (κ3) is 4.49. The van der Waals surface area contributed by atoms with E-state index in [9.17, 15) is 9.90 Å². The van der Waals surface area contributed by atoms with Crippen LogP contribution in [-0.4, -0.2) is 32.5 Å². The molecule has 2 atom stereocenters. The molecule has 4 heterocycles. The van der Waals surface area contributed by atoms with Gasteiger partial charge in [0.15, 0.2) is 5.43 Å². The van der Waals surface area contributed by atoms with Crippen molar-refractivity contribution in [3.8, 4) is 34.5 Å². The number of benzene rings is 3. The highest BCUT2D eigenvalue weighted by Crippen LogP contribution is 2.52. The van der Waals surface area contributed by atoms with Crippen LogP contribution >= 0.6 is 0 Å². The Morgan fingerprint density at radius 3 is 2.35 bits per heavy atom. The van der Waals surface area contributed by atoms with Crippen molar-refractivity contribution in [2.24, 2.45) is 0 Å². The lowest BCUT2D eigenvalue weighted by Gasteiger charge is -2.28. The summed E-state index contributed by atoms with van der Waals surface area (Å²) in [4.78, 5) is 12.0. The lowest BCUT2D eigenvalue weighted by atomic mass is 9.89. The van der Waals surface area contributed by atoms with Crippen LogP contribution in [0.5, 0.6) is 34.5 Å². The molecule has 0 spiro atoms. The van der Waals surface area contributed by atoms with E-state index in [2.05, 4.69) is 6.07 Å². The second kappa shape index (κ2) is 10.2. The summed E-state index contributed by atoms with van der Waals surface area (Å²) in [7, 11) is 3.32. The van der Waals surface area contributed by atoms with E-state index in [4.69, 9.17) is 28.1 Å². The molecule has 0 aliphatic carbocycles. The van der Waals surface area contributed by atoms with Gasteiger partial charge in [-0.2, -0.15) is 0 Å². The van der Waals surface area contributed by atoms with Crippen molar-refractivity contribution in [1.29, 1.82) is 0 Å². The van der Waals surface area contributed by atoms with Gasteiger partial charge in [-0.1, -0.05) is 12.1 Å². The predicted octanol–water partition coefficient (Wildman–Crippen LogP) is 6.00. The molecule has 7 rings (SSSR count). The summed E-state index contributed by atoms with van der Waals surface area (Å²) in [5.41, 5.74) is 4.12. The fourth-order valence-electron chi connectivity index (χ4n) is 5.36. The largest absolute Gasteiger partial charge is 0.507 e. The average Bonchev–Trinajstić information content (AvgIpc) is 3.22. The molecule has 4 aromatic rings. The number of aryl methyl sites for hydroxylation is 1. The van der Waals surface area contributed by atoms with E-state index in [0.29, 0.717) is 42.3 Å². The maximum absolute atomic E-state index is 12.0. The number of methoxy groups -OCH3 is 2. The second-order valence-corrected chi connectivity index (χ2v) is 10.1. The van der Waals surface area contributed by atoms with Gasteiger partial charge in [0.1, 0.15) is 63.9 Å². The summed E-state index contributed by atoms with van der Waals surface area (Å²) in [5.74, 6) is 4.62. The van der Waals surface area contributed by atoms with Gasteiger partial charge in [0.2, 0.25) is 0 Å². The number of hydrogen-bond acceptors (Lipinski definition) is 8. The minimum Gasteiger partial charge on any atom is -0.507 e. The molecular weight excluding hydrogens is 512 g/mol. The minimum absolute atomic E-state index is 0.00163. The number of phenols is 1. The topological polar surface area (TPSA) is 96.6 Å². The van der Waals surface area contributed by atoms with Crippen LogP contribution in [0.1, 0.15) is 41.4 Å². The molecule has 40 heavy (non-hydrogen) atoms. The molecule has 0 amide bonds. The molecule has 8 nitrogen and oxygen atoms in total. The van der Waals surface area contributed by atoms with E-state index < -0.39 is 0 Å². The number of rotatable bonds is 2. The first-order valence-corrected chi connectivity index (χ1v) is 13.1. The number of aromatic hydroxyl groups is 1. The van der Waals surface area contributed by atoms with Crippen LogP contribution < -0.4 is 29.1 Å². The molecular formula is C32H30O8. The van der Waals surface area contributed by atoms with Crippen molar-refractivity contribution >= 4 is 11.0 Å². The van der Waals surface area contributed by atoms with Crippen LogP contribution in [0.3, 0.4) is 0 Å². The van der Waals surface area contributed by atoms with Crippen LogP contribution in [0, 0.1) is 6.92 Å². The van der Waals surface area contributed by atoms with Crippen LogP contribution in [0.25, 0.3) is 11.0 Å². The highest BCUT2D eigenvalue weighted by molar-refractivity contribution is 5.87. The summed E-state index contributed by atoms with van der Waals surface area (Å²) < 4.78 is 33.7. The molecule has 3 aliphatic rings. The van der Waals surface area contributed by atoms with E-state index in [-0.39, 0.29) is 28.6 Å².